The lowest BCUT2D eigenvalue weighted by molar-refractivity contribution is -0.119. The lowest BCUT2D eigenvalue weighted by atomic mass is 10.1. The first-order valence-electron chi connectivity index (χ1n) is 13.2. The van der Waals surface area contributed by atoms with Crippen molar-refractivity contribution < 1.29 is 13.6 Å². The van der Waals surface area contributed by atoms with Crippen LogP contribution in [0.15, 0.2) is 54.9 Å². The summed E-state index contributed by atoms with van der Waals surface area (Å²) < 4.78 is 27.4. The second-order valence-electron chi connectivity index (χ2n) is 9.98. The number of aryl methyl sites for hydroxylation is 1. The van der Waals surface area contributed by atoms with Gasteiger partial charge >= 0.3 is 0 Å². The molecule has 0 aliphatic heterocycles. The predicted molar refractivity (Wildman–Crippen MR) is 149 cm³/mol. The van der Waals surface area contributed by atoms with Gasteiger partial charge in [0.2, 0.25) is 5.91 Å². The summed E-state index contributed by atoms with van der Waals surface area (Å²) in [6, 6.07) is 12.6. The number of benzene rings is 2. The van der Waals surface area contributed by atoms with Gasteiger partial charge in [-0.25, -0.2) is 8.78 Å². The van der Waals surface area contributed by atoms with Gasteiger partial charge in [-0.1, -0.05) is 37.8 Å². The number of halogens is 2. The van der Waals surface area contributed by atoms with Gasteiger partial charge in [-0.2, -0.15) is 5.10 Å². The average Bonchev–Trinajstić information content (AvgIpc) is 3.49. The van der Waals surface area contributed by atoms with Crippen LogP contribution < -0.4 is 15.5 Å². The first kappa shape index (κ1) is 27.6. The Hall–Kier alpha value is -3.46. The van der Waals surface area contributed by atoms with Gasteiger partial charge in [0.25, 0.3) is 6.43 Å². The van der Waals surface area contributed by atoms with Crippen LogP contribution in [-0.2, 0) is 24.2 Å². The molecule has 7 nitrogen and oxygen atoms in total. The molecule has 2 N–H and O–H groups in total. The van der Waals surface area contributed by atoms with Crippen molar-refractivity contribution >= 4 is 22.5 Å². The van der Waals surface area contributed by atoms with Gasteiger partial charge in [0.05, 0.1) is 24.8 Å². The van der Waals surface area contributed by atoms with Crippen LogP contribution in [0.25, 0.3) is 10.9 Å². The average molecular weight is 525 g/mol. The number of fused-ring (bicyclic) bond motifs is 2. The summed E-state index contributed by atoms with van der Waals surface area (Å²) in [5.74, 6) is -0.0838. The Morgan fingerprint density at radius 2 is 1.89 bits per heavy atom. The molecule has 1 aliphatic carbocycles. The highest BCUT2D eigenvalue weighted by molar-refractivity contribution is 5.87. The van der Waals surface area contributed by atoms with Gasteiger partial charge < -0.3 is 20.4 Å². The number of aromatic nitrogens is 2. The van der Waals surface area contributed by atoms with Crippen LogP contribution in [0.1, 0.15) is 23.6 Å². The van der Waals surface area contributed by atoms with E-state index in [1.54, 1.807) is 6.20 Å². The molecule has 0 spiro atoms. The van der Waals surface area contributed by atoms with Crippen LogP contribution >= 0.6 is 0 Å². The smallest absolute Gasteiger partial charge is 0.257 e. The first-order valence-corrected chi connectivity index (χ1v) is 13.2. The molecule has 38 heavy (non-hydrogen) atoms. The van der Waals surface area contributed by atoms with Crippen molar-refractivity contribution in [3.05, 3.63) is 71.6 Å². The van der Waals surface area contributed by atoms with Gasteiger partial charge in [0.15, 0.2) is 0 Å². The third kappa shape index (κ3) is 6.51. The Labute approximate surface area is 223 Å². The quantitative estimate of drug-likeness (QED) is 0.334. The van der Waals surface area contributed by atoms with Crippen LogP contribution in [-0.4, -0.2) is 72.8 Å². The van der Waals surface area contributed by atoms with Crippen LogP contribution in [0.5, 0.6) is 0 Å². The van der Waals surface area contributed by atoms with Gasteiger partial charge in [0, 0.05) is 42.9 Å². The summed E-state index contributed by atoms with van der Waals surface area (Å²) in [5.41, 5.74) is 6.06. The third-order valence-electron chi connectivity index (χ3n) is 7.27. The maximum absolute atomic E-state index is 13.0. The van der Waals surface area contributed by atoms with Gasteiger partial charge in [-0.05, 0) is 55.1 Å². The Bertz CT molecular complexity index is 1250. The number of anilines is 1. The topological polar surface area (TPSA) is 65.4 Å². The Balaban J connectivity index is 1.54. The number of carbonyl (C=O) groups excluding carboxylic acids is 1. The number of carbonyl (C=O) groups is 1. The molecule has 0 bridgehead atoms. The predicted octanol–water partition coefficient (Wildman–Crippen LogP) is 3.75. The summed E-state index contributed by atoms with van der Waals surface area (Å²) in [7, 11) is 2.07. The maximum Gasteiger partial charge on any atom is 0.257 e. The number of alkyl halides is 2. The van der Waals surface area contributed by atoms with Crippen molar-refractivity contribution in [3.8, 4) is 0 Å². The lowest BCUT2D eigenvalue weighted by Crippen LogP contribution is -2.43. The van der Waals surface area contributed by atoms with Crippen molar-refractivity contribution in [2.75, 3.05) is 44.7 Å². The normalized spacial score (nSPS) is 13.2. The van der Waals surface area contributed by atoms with E-state index in [-0.39, 0.29) is 12.5 Å². The van der Waals surface area contributed by atoms with Crippen molar-refractivity contribution in [1.29, 1.82) is 0 Å². The zero-order valence-corrected chi connectivity index (χ0v) is 22.5. The highest BCUT2D eigenvalue weighted by atomic mass is 19.3. The second-order valence-corrected chi connectivity index (χ2v) is 9.98. The van der Waals surface area contributed by atoms with E-state index < -0.39 is 13.0 Å². The monoisotopic (exact) mass is 524 g/mol. The summed E-state index contributed by atoms with van der Waals surface area (Å²) in [6.07, 6.45) is 1.04. The van der Waals surface area contributed by atoms with E-state index in [0.717, 1.165) is 41.7 Å². The molecule has 1 heterocycles. The molecule has 9 heteroatoms. The minimum Gasteiger partial charge on any atom is -0.373 e. The second kappa shape index (κ2) is 12.4. The van der Waals surface area contributed by atoms with Gasteiger partial charge in [-0.15, -0.1) is 0 Å². The molecule has 1 aliphatic rings. The highest BCUT2D eigenvalue weighted by Crippen LogP contribution is 2.30. The molecule has 2 aromatic carbocycles. The molecule has 0 saturated carbocycles. The minimum atomic E-state index is -2.49. The SMILES string of the molecule is C=C(CN(CC(=O)NCCNCC)c1cc2cnn(CC(F)F)c2cc1C)N(C)C1Cc2ccccc2C1. The van der Waals surface area contributed by atoms with Gasteiger partial charge in [-0.3, -0.25) is 9.48 Å². The standard InChI is InChI=1S/C29H38F2N6O/c1-5-32-10-11-33-29(38)19-36(17-21(3)35(4)25-13-22-8-6-7-9-23(22)14-25)26-15-24-16-34-37(18-28(30)31)27(24)12-20(26)2/h6-9,12,15-16,25,28,32H,3,5,10-11,13-14,17-19H2,1-2,4H3,(H,33,38). The summed E-state index contributed by atoms with van der Waals surface area (Å²) in [5, 5.41) is 11.1. The summed E-state index contributed by atoms with van der Waals surface area (Å²) in [4.78, 5) is 17.2. The Morgan fingerprint density at radius 1 is 1.18 bits per heavy atom. The number of nitrogens with one attached hydrogen (secondary N) is 2. The van der Waals surface area contributed by atoms with Crippen LogP contribution in [0, 0.1) is 6.92 Å². The minimum absolute atomic E-state index is 0.0838. The molecule has 0 radical (unpaired) electrons. The molecule has 0 atom stereocenters. The molecule has 0 unspecified atom stereocenters. The Kier molecular flexibility index (Phi) is 8.99. The number of nitrogens with zero attached hydrogens (tertiary/aromatic N) is 4. The van der Waals surface area contributed by atoms with Crippen molar-refractivity contribution in [2.45, 2.75) is 45.7 Å². The molecular formula is C29H38F2N6O. The summed E-state index contributed by atoms with van der Waals surface area (Å²) >= 11 is 0. The molecule has 4 rings (SSSR count). The molecule has 1 aromatic heterocycles. The van der Waals surface area contributed by atoms with E-state index >= 15 is 0 Å². The molecule has 0 saturated heterocycles. The molecule has 0 fully saturated rings. The lowest BCUT2D eigenvalue weighted by Gasteiger charge is -2.33. The van der Waals surface area contributed by atoms with E-state index in [1.165, 1.54) is 15.8 Å². The van der Waals surface area contributed by atoms with Crippen molar-refractivity contribution in [3.63, 3.8) is 0 Å². The molecule has 3 aromatic rings. The fourth-order valence-electron chi connectivity index (χ4n) is 5.16. The number of hydrogen-bond acceptors (Lipinski definition) is 5. The third-order valence-corrected chi connectivity index (χ3v) is 7.27. The molecule has 204 valence electrons. The fourth-order valence-corrected chi connectivity index (χ4v) is 5.16. The number of rotatable bonds is 13. The van der Waals surface area contributed by atoms with Crippen LogP contribution in [0.2, 0.25) is 0 Å². The van der Waals surface area contributed by atoms with E-state index in [1.807, 2.05) is 30.9 Å². The fraction of sp³-hybridized carbons (Fsp3) is 0.448. The van der Waals surface area contributed by atoms with Crippen molar-refractivity contribution in [2.24, 2.45) is 0 Å². The van der Waals surface area contributed by atoms with Crippen LogP contribution in [0.4, 0.5) is 14.5 Å². The van der Waals surface area contributed by atoms with E-state index in [2.05, 4.69) is 58.5 Å². The van der Waals surface area contributed by atoms with E-state index in [9.17, 15) is 13.6 Å². The van der Waals surface area contributed by atoms with Crippen LogP contribution in [0.3, 0.4) is 0 Å². The molecular weight excluding hydrogens is 486 g/mol. The number of hydrogen-bond donors (Lipinski definition) is 2. The van der Waals surface area contributed by atoms with E-state index in [4.69, 9.17) is 0 Å². The zero-order chi connectivity index (χ0) is 27.2. The Morgan fingerprint density at radius 3 is 2.55 bits per heavy atom. The van der Waals surface area contributed by atoms with Crippen molar-refractivity contribution in [1.82, 2.24) is 25.3 Å². The molecule has 1 amide bonds. The largest absolute Gasteiger partial charge is 0.373 e. The first-order chi connectivity index (χ1) is 18.3. The van der Waals surface area contributed by atoms with E-state index in [0.29, 0.717) is 31.2 Å². The zero-order valence-electron chi connectivity index (χ0n) is 22.5. The summed E-state index contributed by atoms with van der Waals surface area (Å²) in [6.45, 7) is 10.6. The number of amides is 1. The highest BCUT2D eigenvalue weighted by Gasteiger charge is 2.26. The number of likely N-dealkylation sites (N-methyl/N-ethyl adjacent to an activating group) is 2. The van der Waals surface area contributed by atoms with Gasteiger partial charge in [0.1, 0.15) is 6.54 Å². The maximum atomic E-state index is 13.0.